The van der Waals surface area contributed by atoms with E-state index in [4.69, 9.17) is 4.74 Å². The molecule has 1 aliphatic heterocycles. The zero-order valence-electron chi connectivity index (χ0n) is 14.1. The van der Waals surface area contributed by atoms with E-state index < -0.39 is 0 Å². The van der Waals surface area contributed by atoms with Gasteiger partial charge in [0, 0.05) is 26.1 Å². The molecule has 6 heteroatoms. The molecule has 3 rings (SSSR count). The molecule has 2 aromatic rings. The van der Waals surface area contributed by atoms with Gasteiger partial charge in [-0.05, 0) is 24.6 Å². The standard InChI is InChI=1S/C19H21N3O3/c1-3-9-21(10-4-2)18(23)13-25-14-7-8-16-15(12-14)19(24)22-11-5-6-17(22)20-16/h3-4,7-8,12H,1-2,5-6,9-11,13H2. The number of aromatic nitrogens is 2. The molecular formula is C19H21N3O3. The Morgan fingerprint density at radius 1 is 1.32 bits per heavy atom. The van der Waals surface area contributed by atoms with Crippen LogP contribution < -0.4 is 10.3 Å². The molecule has 25 heavy (non-hydrogen) atoms. The van der Waals surface area contributed by atoms with E-state index in [0.717, 1.165) is 18.7 Å². The van der Waals surface area contributed by atoms with E-state index >= 15 is 0 Å². The van der Waals surface area contributed by atoms with Crippen LogP contribution in [0.5, 0.6) is 5.75 Å². The van der Waals surface area contributed by atoms with Crippen LogP contribution in [0.3, 0.4) is 0 Å². The molecule has 0 bridgehead atoms. The molecule has 0 aliphatic carbocycles. The SMILES string of the molecule is C=CCN(CC=C)C(=O)COc1ccc2nc3n(c(=O)c2c1)CCC3. The van der Waals surface area contributed by atoms with Gasteiger partial charge in [0.1, 0.15) is 11.6 Å². The van der Waals surface area contributed by atoms with E-state index in [-0.39, 0.29) is 18.1 Å². The van der Waals surface area contributed by atoms with Gasteiger partial charge in [-0.25, -0.2) is 4.98 Å². The van der Waals surface area contributed by atoms with Gasteiger partial charge in [0.15, 0.2) is 6.61 Å². The van der Waals surface area contributed by atoms with Gasteiger partial charge in [-0.15, -0.1) is 13.2 Å². The van der Waals surface area contributed by atoms with Gasteiger partial charge in [0.2, 0.25) is 0 Å². The van der Waals surface area contributed by atoms with Crippen molar-refractivity contribution in [3.63, 3.8) is 0 Å². The van der Waals surface area contributed by atoms with Gasteiger partial charge in [0.05, 0.1) is 10.9 Å². The van der Waals surface area contributed by atoms with Crippen molar-refractivity contribution in [3.8, 4) is 5.75 Å². The Morgan fingerprint density at radius 2 is 2.08 bits per heavy atom. The summed E-state index contributed by atoms with van der Waals surface area (Å²) in [4.78, 5) is 30.9. The molecule has 1 aliphatic rings. The summed E-state index contributed by atoms with van der Waals surface area (Å²) in [6.07, 6.45) is 5.09. The highest BCUT2D eigenvalue weighted by molar-refractivity contribution is 5.80. The number of amides is 1. The Hall–Kier alpha value is -2.89. The van der Waals surface area contributed by atoms with Crippen molar-refractivity contribution < 1.29 is 9.53 Å². The van der Waals surface area contributed by atoms with E-state index in [9.17, 15) is 9.59 Å². The quantitative estimate of drug-likeness (QED) is 0.723. The molecule has 0 N–H and O–H groups in total. The first-order chi connectivity index (χ1) is 12.1. The van der Waals surface area contributed by atoms with E-state index in [1.54, 1.807) is 39.8 Å². The van der Waals surface area contributed by atoms with Gasteiger partial charge >= 0.3 is 0 Å². The third kappa shape index (κ3) is 3.47. The maximum Gasteiger partial charge on any atom is 0.261 e. The molecule has 0 unspecified atom stereocenters. The highest BCUT2D eigenvalue weighted by Gasteiger charge is 2.17. The average Bonchev–Trinajstić information content (AvgIpc) is 3.08. The van der Waals surface area contributed by atoms with Crippen molar-refractivity contribution in [1.82, 2.24) is 14.5 Å². The number of hydrogen-bond acceptors (Lipinski definition) is 4. The van der Waals surface area contributed by atoms with Crippen LogP contribution in [0, 0.1) is 0 Å². The summed E-state index contributed by atoms with van der Waals surface area (Å²) in [6, 6.07) is 5.16. The first kappa shape index (κ1) is 17.0. The number of carbonyl (C=O) groups is 1. The van der Waals surface area contributed by atoms with Crippen molar-refractivity contribution >= 4 is 16.8 Å². The lowest BCUT2D eigenvalue weighted by molar-refractivity contribution is -0.132. The van der Waals surface area contributed by atoms with Crippen LogP contribution in [0.15, 0.2) is 48.3 Å². The zero-order chi connectivity index (χ0) is 17.8. The highest BCUT2D eigenvalue weighted by Crippen LogP contribution is 2.19. The van der Waals surface area contributed by atoms with Gasteiger partial charge < -0.3 is 9.64 Å². The molecule has 0 saturated carbocycles. The molecule has 0 atom stereocenters. The molecule has 0 saturated heterocycles. The van der Waals surface area contributed by atoms with Crippen LogP contribution in [0.4, 0.5) is 0 Å². The first-order valence-corrected chi connectivity index (χ1v) is 8.30. The summed E-state index contributed by atoms with van der Waals surface area (Å²) in [6.45, 7) is 8.76. The van der Waals surface area contributed by atoms with Crippen LogP contribution in [-0.2, 0) is 17.8 Å². The van der Waals surface area contributed by atoms with Crippen LogP contribution in [-0.4, -0.2) is 40.1 Å². The van der Waals surface area contributed by atoms with Gasteiger partial charge in [0.25, 0.3) is 11.5 Å². The average molecular weight is 339 g/mol. The lowest BCUT2D eigenvalue weighted by Gasteiger charge is -2.19. The molecule has 1 aromatic carbocycles. The minimum absolute atomic E-state index is 0.0470. The predicted octanol–water partition coefficient (Wildman–Crippen LogP) is 1.92. The molecule has 0 spiro atoms. The molecule has 1 aromatic heterocycles. The van der Waals surface area contributed by atoms with E-state index in [1.165, 1.54) is 0 Å². The number of hydrogen-bond donors (Lipinski definition) is 0. The fraction of sp³-hybridized carbons (Fsp3) is 0.316. The second-order valence-corrected chi connectivity index (χ2v) is 5.93. The predicted molar refractivity (Wildman–Crippen MR) is 96.8 cm³/mol. The van der Waals surface area contributed by atoms with Crippen molar-refractivity contribution in [3.05, 3.63) is 59.7 Å². The molecule has 0 fully saturated rings. The lowest BCUT2D eigenvalue weighted by Crippen LogP contribution is -2.35. The maximum absolute atomic E-state index is 12.6. The molecule has 1 amide bonds. The second kappa shape index (κ2) is 7.34. The minimum atomic E-state index is -0.163. The smallest absolute Gasteiger partial charge is 0.261 e. The third-order valence-electron chi connectivity index (χ3n) is 4.20. The number of nitrogens with zero attached hydrogens (tertiary/aromatic N) is 3. The Morgan fingerprint density at radius 3 is 2.80 bits per heavy atom. The minimum Gasteiger partial charge on any atom is -0.484 e. The highest BCUT2D eigenvalue weighted by atomic mass is 16.5. The Kier molecular flexibility index (Phi) is 4.97. The summed E-state index contributed by atoms with van der Waals surface area (Å²) < 4.78 is 7.30. The number of fused-ring (bicyclic) bond motifs is 2. The van der Waals surface area contributed by atoms with Crippen molar-refractivity contribution in [1.29, 1.82) is 0 Å². The number of rotatable bonds is 7. The Balaban J connectivity index is 1.78. The van der Waals surface area contributed by atoms with Crippen molar-refractivity contribution in [2.24, 2.45) is 0 Å². The molecule has 2 heterocycles. The normalized spacial score (nSPS) is 12.6. The van der Waals surface area contributed by atoms with E-state index in [2.05, 4.69) is 18.1 Å². The fourth-order valence-electron chi connectivity index (χ4n) is 2.98. The van der Waals surface area contributed by atoms with Crippen LogP contribution >= 0.6 is 0 Å². The largest absolute Gasteiger partial charge is 0.484 e. The molecular weight excluding hydrogens is 318 g/mol. The van der Waals surface area contributed by atoms with Crippen LogP contribution in [0.2, 0.25) is 0 Å². The van der Waals surface area contributed by atoms with Crippen LogP contribution in [0.25, 0.3) is 10.9 Å². The fourth-order valence-corrected chi connectivity index (χ4v) is 2.98. The van der Waals surface area contributed by atoms with Gasteiger partial charge in [-0.1, -0.05) is 12.2 Å². The first-order valence-electron chi connectivity index (χ1n) is 8.30. The van der Waals surface area contributed by atoms with E-state index in [1.807, 2.05) is 0 Å². The summed E-state index contributed by atoms with van der Waals surface area (Å²) in [5.74, 6) is 1.16. The summed E-state index contributed by atoms with van der Waals surface area (Å²) >= 11 is 0. The third-order valence-corrected chi connectivity index (χ3v) is 4.20. The summed E-state index contributed by atoms with van der Waals surface area (Å²) in [7, 11) is 0. The van der Waals surface area contributed by atoms with Gasteiger partial charge in [-0.2, -0.15) is 0 Å². The molecule has 130 valence electrons. The maximum atomic E-state index is 12.6. The topological polar surface area (TPSA) is 64.4 Å². The monoisotopic (exact) mass is 339 g/mol. The lowest BCUT2D eigenvalue weighted by atomic mass is 10.2. The van der Waals surface area contributed by atoms with Crippen molar-refractivity contribution in [2.45, 2.75) is 19.4 Å². The molecule has 0 radical (unpaired) electrons. The Labute approximate surface area is 146 Å². The number of benzene rings is 1. The number of ether oxygens (including phenoxy) is 1. The second-order valence-electron chi connectivity index (χ2n) is 5.93. The number of carbonyl (C=O) groups excluding carboxylic acids is 1. The van der Waals surface area contributed by atoms with Crippen molar-refractivity contribution in [2.75, 3.05) is 19.7 Å². The number of aryl methyl sites for hydroxylation is 1. The van der Waals surface area contributed by atoms with E-state index in [0.29, 0.717) is 36.3 Å². The summed E-state index contributed by atoms with van der Waals surface area (Å²) in [5, 5.41) is 0.518. The zero-order valence-corrected chi connectivity index (χ0v) is 14.1. The van der Waals surface area contributed by atoms with Gasteiger partial charge in [-0.3, -0.25) is 14.2 Å². The summed E-state index contributed by atoms with van der Waals surface area (Å²) in [5.41, 5.74) is 0.617. The Bertz CT molecular complexity index is 875. The van der Waals surface area contributed by atoms with Crippen LogP contribution in [0.1, 0.15) is 12.2 Å². The molecule has 6 nitrogen and oxygen atoms in total.